The van der Waals surface area contributed by atoms with E-state index in [0.29, 0.717) is 0 Å². The highest BCUT2D eigenvalue weighted by Crippen LogP contribution is 2.19. The van der Waals surface area contributed by atoms with Gasteiger partial charge in [-0.05, 0) is 12.5 Å². The van der Waals surface area contributed by atoms with E-state index in [0.717, 1.165) is 50.3 Å². The lowest BCUT2D eigenvalue weighted by molar-refractivity contribution is 0.122. The van der Waals surface area contributed by atoms with E-state index in [9.17, 15) is 0 Å². The second-order valence-corrected chi connectivity index (χ2v) is 5.61. The van der Waals surface area contributed by atoms with E-state index in [2.05, 4.69) is 46.1 Å². The Morgan fingerprint density at radius 2 is 1.86 bits per heavy atom. The Bertz CT molecular complexity index is 611. The summed E-state index contributed by atoms with van der Waals surface area (Å²) >= 11 is 0. The Morgan fingerprint density at radius 3 is 2.59 bits per heavy atom. The molecule has 1 aliphatic rings. The first kappa shape index (κ1) is 14.8. The van der Waals surface area contributed by atoms with Crippen LogP contribution in [-0.4, -0.2) is 43.3 Å². The Hall–Kier alpha value is -2.14. The van der Waals surface area contributed by atoms with Crippen LogP contribution in [0.25, 0.3) is 0 Å². The first-order valence-electron chi connectivity index (χ1n) is 7.66. The molecule has 0 N–H and O–H groups in total. The van der Waals surface area contributed by atoms with Gasteiger partial charge in [-0.3, -0.25) is 0 Å². The van der Waals surface area contributed by atoms with Crippen molar-refractivity contribution in [1.82, 2.24) is 9.97 Å². The molecular weight excluding hydrogens is 276 g/mol. The molecule has 1 aromatic carbocycles. The summed E-state index contributed by atoms with van der Waals surface area (Å²) in [6.45, 7) is 6.04. The highest BCUT2D eigenvalue weighted by atomic mass is 16.5. The highest BCUT2D eigenvalue weighted by Gasteiger charge is 2.16. The standard InChI is InChI=1S/C17H22N4O/c1-14-12-16(20(2)13-15-6-4-3-5-7-15)19-17(18-14)21-8-10-22-11-9-21/h3-7,12H,8-11,13H2,1-2H3. The fraction of sp³-hybridized carbons (Fsp3) is 0.412. The van der Waals surface area contributed by atoms with Crippen molar-refractivity contribution in [3.8, 4) is 0 Å². The molecule has 1 saturated heterocycles. The van der Waals surface area contributed by atoms with E-state index >= 15 is 0 Å². The van der Waals surface area contributed by atoms with E-state index in [-0.39, 0.29) is 0 Å². The molecule has 0 radical (unpaired) electrons. The summed E-state index contributed by atoms with van der Waals surface area (Å²) < 4.78 is 5.40. The van der Waals surface area contributed by atoms with Gasteiger partial charge in [0.1, 0.15) is 5.82 Å². The van der Waals surface area contributed by atoms with Gasteiger partial charge in [0.2, 0.25) is 5.95 Å². The van der Waals surface area contributed by atoms with E-state index in [1.165, 1.54) is 5.56 Å². The van der Waals surface area contributed by atoms with Crippen LogP contribution in [0.3, 0.4) is 0 Å². The molecule has 3 rings (SSSR count). The first-order chi connectivity index (χ1) is 10.7. The van der Waals surface area contributed by atoms with Crippen molar-refractivity contribution in [3.63, 3.8) is 0 Å². The predicted molar refractivity (Wildman–Crippen MR) is 88.4 cm³/mol. The molecule has 0 amide bonds. The number of aryl methyl sites for hydroxylation is 1. The Morgan fingerprint density at radius 1 is 1.14 bits per heavy atom. The average Bonchev–Trinajstić information content (AvgIpc) is 2.56. The number of ether oxygens (including phenoxy) is 1. The minimum atomic E-state index is 0.743. The normalized spacial score (nSPS) is 14.9. The smallest absolute Gasteiger partial charge is 0.227 e. The zero-order valence-corrected chi connectivity index (χ0v) is 13.2. The summed E-state index contributed by atoms with van der Waals surface area (Å²) in [7, 11) is 2.07. The van der Waals surface area contributed by atoms with Crippen LogP contribution >= 0.6 is 0 Å². The van der Waals surface area contributed by atoms with Crippen LogP contribution in [0.1, 0.15) is 11.3 Å². The summed E-state index contributed by atoms with van der Waals surface area (Å²) in [4.78, 5) is 13.7. The maximum atomic E-state index is 5.40. The van der Waals surface area contributed by atoms with E-state index in [1.54, 1.807) is 0 Å². The van der Waals surface area contributed by atoms with Gasteiger partial charge in [0.05, 0.1) is 13.2 Å². The van der Waals surface area contributed by atoms with Gasteiger partial charge in [-0.1, -0.05) is 30.3 Å². The molecule has 0 aliphatic carbocycles. The van der Waals surface area contributed by atoms with Crippen LogP contribution in [0, 0.1) is 6.92 Å². The van der Waals surface area contributed by atoms with Crippen molar-refractivity contribution in [2.45, 2.75) is 13.5 Å². The minimum absolute atomic E-state index is 0.743. The monoisotopic (exact) mass is 298 g/mol. The molecule has 1 aliphatic heterocycles. The summed E-state index contributed by atoms with van der Waals surface area (Å²) in [5, 5.41) is 0. The van der Waals surface area contributed by atoms with Crippen molar-refractivity contribution in [2.75, 3.05) is 43.2 Å². The van der Waals surface area contributed by atoms with Gasteiger partial charge in [0.15, 0.2) is 0 Å². The van der Waals surface area contributed by atoms with Crippen LogP contribution in [0.15, 0.2) is 36.4 Å². The molecule has 0 spiro atoms. The number of rotatable bonds is 4. The molecule has 1 fully saturated rings. The largest absolute Gasteiger partial charge is 0.378 e. The van der Waals surface area contributed by atoms with Gasteiger partial charge in [-0.15, -0.1) is 0 Å². The number of aromatic nitrogens is 2. The van der Waals surface area contributed by atoms with Crippen molar-refractivity contribution in [3.05, 3.63) is 47.7 Å². The van der Waals surface area contributed by atoms with Crippen LogP contribution in [0.4, 0.5) is 11.8 Å². The van der Waals surface area contributed by atoms with E-state index in [1.807, 2.05) is 19.1 Å². The zero-order valence-electron chi connectivity index (χ0n) is 13.2. The maximum Gasteiger partial charge on any atom is 0.227 e. The molecule has 0 bridgehead atoms. The second kappa shape index (κ2) is 6.75. The fourth-order valence-corrected chi connectivity index (χ4v) is 2.58. The van der Waals surface area contributed by atoms with Gasteiger partial charge in [-0.25, -0.2) is 4.98 Å². The lowest BCUT2D eigenvalue weighted by Crippen LogP contribution is -2.37. The Kier molecular flexibility index (Phi) is 4.53. The summed E-state index contributed by atoms with van der Waals surface area (Å²) in [5.41, 5.74) is 2.26. The van der Waals surface area contributed by atoms with Gasteiger partial charge in [0.25, 0.3) is 0 Å². The minimum Gasteiger partial charge on any atom is -0.378 e. The van der Waals surface area contributed by atoms with Crippen LogP contribution < -0.4 is 9.80 Å². The zero-order chi connectivity index (χ0) is 15.4. The van der Waals surface area contributed by atoms with Crippen LogP contribution in [0.5, 0.6) is 0 Å². The van der Waals surface area contributed by atoms with Gasteiger partial charge in [-0.2, -0.15) is 4.98 Å². The molecule has 2 heterocycles. The van der Waals surface area contributed by atoms with Crippen LogP contribution in [-0.2, 0) is 11.3 Å². The number of hydrogen-bond acceptors (Lipinski definition) is 5. The highest BCUT2D eigenvalue weighted by molar-refractivity contribution is 5.46. The van der Waals surface area contributed by atoms with E-state index < -0.39 is 0 Å². The molecule has 116 valence electrons. The molecule has 1 aromatic heterocycles. The number of nitrogens with zero attached hydrogens (tertiary/aromatic N) is 4. The third-order valence-corrected chi connectivity index (χ3v) is 3.78. The molecule has 5 heteroatoms. The SMILES string of the molecule is Cc1cc(N(C)Cc2ccccc2)nc(N2CCOCC2)n1. The molecule has 5 nitrogen and oxygen atoms in total. The van der Waals surface area contributed by atoms with Gasteiger partial charge in [0, 0.05) is 38.4 Å². The fourth-order valence-electron chi connectivity index (χ4n) is 2.58. The summed E-state index contributed by atoms with van der Waals surface area (Å²) in [6.07, 6.45) is 0. The molecule has 0 saturated carbocycles. The van der Waals surface area contributed by atoms with Crippen LogP contribution in [0.2, 0.25) is 0 Å². The lowest BCUT2D eigenvalue weighted by Gasteiger charge is -2.28. The number of morpholine rings is 1. The van der Waals surface area contributed by atoms with Gasteiger partial charge >= 0.3 is 0 Å². The lowest BCUT2D eigenvalue weighted by atomic mass is 10.2. The van der Waals surface area contributed by atoms with Crippen molar-refractivity contribution in [1.29, 1.82) is 0 Å². The third-order valence-electron chi connectivity index (χ3n) is 3.78. The van der Waals surface area contributed by atoms with Gasteiger partial charge < -0.3 is 14.5 Å². The van der Waals surface area contributed by atoms with Crippen molar-refractivity contribution < 1.29 is 4.74 Å². The number of hydrogen-bond donors (Lipinski definition) is 0. The molecule has 2 aromatic rings. The summed E-state index contributed by atoms with van der Waals surface area (Å²) in [5.74, 6) is 1.76. The quantitative estimate of drug-likeness (QED) is 0.866. The molecular formula is C17H22N4O. The molecule has 0 atom stereocenters. The second-order valence-electron chi connectivity index (χ2n) is 5.61. The van der Waals surface area contributed by atoms with Crippen molar-refractivity contribution >= 4 is 11.8 Å². The number of anilines is 2. The van der Waals surface area contributed by atoms with Crippen molar-refractivity contribution in [2.24, 2.45) is 0 Å². The number of benzene rings is 1. The third kappa shape index (κ3) is 3.54. The maximum absolute atomic E-state index is 5.40. The molecule has 22 heavy (non-hydrogen) atoms. The average molecular weight is 298 g/mol. The Labute approximate surface area is 131 Å². The summed E-state index contributed by atoms with van der Waals surface area (Å²) in [6, 6.07) is 12.5. The molecule has 0 unspecified atom stereocenters. The first-order valence-corrected chi connectivity index (χ1v) is 7.66. The predicted octanol–water partition coefficient (Wildman–Crippen LogP) is 2.26. The van der Waals surface area contributed by atoms with E-state index in [4.69, 9.17) is 9.72 Å². The Balaban J connectivity index is 1.79. The topological polar surface area (TPSA) is 41.5 Å².